The van der Waals surface area contributed by atoms with Crippen molar-refractivity contribution < 1.29 is 14.6 Å². The van der Waals surface area contributed by atoms with E-state index in [1.54, 1.807) is 11.8 Å². The Morgan fingerprint density at radius 1 is 1.59 bits per heavy atom. The van der Waals surface area contributed by atoms with E-state index in [0.717, 1.165) is 12.1 Å². The van der Waals surface area contributed by atoms with Gasteiger partial charge in [0.25, 0.3) is 0 Å². The van der Waals surface area contributed by atoms with Crippen LogP contribution in [-0.4, -0.2) is 39.8 Å². The topological polar surface area (TPSA) is 77.2 Å². The standard InChI is InChI=1S/C11H19N3O3/c1-4-10-9(5-11(15)16)12-13-14(10)6-8(2)7-17-3/h8H,4-7H2,1-3H3,(H,15,16). The maximum absolute atomic E-state index is 10.7. The minimum atomic E-state index is -0.878. The Kier molecular flexibility index (Phi) is 5.09. The summed E-state index contributed by atoms with van der Waals surface area (Å²) in [4.78, 5) is 10.7. The summed E-state index contributed by atoms with van der Waals surface area (Å²) in [6.45, 7) is 5.38. The third-order valence-corrected chi connectivity index (χ3v) is 2.51. The van der Waals surface area contributed by atoms with Crippen LogP contribution in [0.25, 0.3) is 0 Å². The minimum absolute atomic E-state index is 0.0676. The SMILES string of the molecule is CCc1c(CC(=O)O)nnn1CC(C)COC. The number of methoxy groups -OCH3 is 1. The zero-order valence-corrected chi connectivity index (χ0v) is 10.5. The van der Waals surface area contributed by atoms with Crippen molar-refractivity contribution in [1.82, 2.24) is 15.0 Å². The van der Waals surface area contributed by atoms with E-state index in [-0.39, 0.29) is 6.42 Å². The van der Waals surface area contributed by atoms with Gasteiger partial charge >= 0.3 is 5.97 Å². The third kappa shape index (κ3) is 3.81. The zero-order valence-electron chi connectivity index (χ0n) is 10.5. The highest BCUT2D eigenvalue weighted by atomic mass is 16.5. The van der Waals surface area contributed by atoms with Crippen LogP contribution in [0.1, 0.15) is 25.2 Å². The van der Waals surface area contributed by atoms with Crippen molar-refractivity contribution in [2.45, 2.75) is 33.2 Å². The van der Waals surface area contributed by atoms with Gasteiger partial charge in [-0.1, -0.05) is 19.1 Å². The second-order valence-electron chi connectivity index (χ2n) is 4.15. The third-order valence-electron chi connectivity index (χ3n) is 2.51. The van der Waals surface area contributed by atoms with Crippen LogP contribution in [-0.2, 0) is 28.9 Å². The molecule has 6 heteroatoms. The van der Waals surface area contributed by atoms with Crippen molar-refractivity contribution in [1.29, 1.82) is 0 Å². The molecular formula is C11H19N3O3. The minimum Gasteiger partial charge on any atom is -0.481 e. The lowest BCUT2D eigenvalue weighted by molar-refractivity contribution is -0.136. The monoisotopic (exact) mass is 241 g/mol. The molecule has 0 aliphatic heterocycles. The number of carboxylic acids is 1. The second-order valence-corrected chi connectivity index (χ2v) is 4.15. The summed E-state index contributed by atoms with van der Waals surface area (Å²) in [5.74, 6) is -0.554. The fraction of sp³-hybridized carbons (Fsp3) is 0.727. The van der Waals surface area contributed by atoms with Crippen molar-refractivity contribution in [2.24, 2.45) is 5.92 Å². The molecule has 0 saturated carbocycles. The van der Waals surface area contributed by atoms with E-state index >= 15 is 0 Å². The molecule has 0 bridgehead atoms. The van der Waals surface area contributed by atoms with Crippen molar-refractivity contribution >= 4 is 5.97 Å². The lowest BCUT2D eigenvalue weighted by Crippen LogP contribution is -2.16. The van der Waals surface area contributed by atoms with Crippen molar-refractivity contribution in [3.63, 3.8) is 0 Å². The molecule has 0 aliphatic carbocycles. The van der Waals surface area contributed by atoms with E-state index in [2.05, 4.69) is 17.2 Å². The summed E-state index contributed by atoms with van der Waals surface area (Å²) in [6, 6.07) is 0. The van der Waals surface area contributed by atoms with Gasteiger partial charge in [-0.15, -0.1) is 5.10 Å². The highest BCUT2D eigenvalue weighted by Crippen LogP contribution is 2.10. The maximum atomic E-state index is 10.7. The number of hydrogen-bond donors (Lipinski definition) is 1. The van der Waals surface area contributed by atoms with Gasteiger partial charge in [-0.2, -0.15) is 0 Å². The predicted octanol–water partition coefficient (Wildman–Crippen LogP) is 0.750. The van der Waals surface area contributed by atoms with E-state index in [1.165, 1.54) is 0 Å². The van der Waals surface area contributed by atoms with Crippen molar-refractivity contribution in [3.8, 4) is 0 Å². The molecule has 0 aromatic carbocycles. The quantitative estimate of drug-likeness (QED) is 0.762. The lowest BCUT2D eigenvalue weighted by atomic mass is 10.1. The lowest BCUT2D eigenvalue weighted by Gasteiger charge is -2.11. The van der Waals surface area contributed by atoms with Gasteiger partial charge in [0.15, 0.2) is 0 Å². The average Bonchev–Trinajstić information content (AvgIpc) is 2.59. The van der Waals surface area contributed by atoms with Crippen LogP contribution in [0.15, 0.2) is 0 Å². The van der Waals surface area contributed by atoms with Crippen LogP contribution in [0, 0.1) is 5.92 Å². The molecule has 1 aromatic heterocycles. The van der Waals surface area contributed by atoms with E-state index in [9.17, 15) is 4.79 Å². The number of rotatable bonds is 7. The average molecular weight is 241 g/mol. The van der Waals surface area contributed by atoms with Gasteiger partial charge in [-0.3, -0.25) is 4.79 Å². The Labute approximate surface area is 101 Å². The van der Waals surface area contributed by atoms with Gasteiger partial charge < -0.3 is 9.84 Å². The Hall–Kier alpha value is -1.43. The summed E-state index contributed by atoms with van der Waals surface area (Å²) in [6.07, 6.45) is 0.664. The summed E-state index contributed by atoms with van der Waals surface area (Å²) < 4.78 is 6.84. The Morgan fingerprint density at radius 2 is 2.29 bits per heavy atom. The second kappa shape index (κ2) is 6.34. The Balaban J connectivity index is 2.78. The van der Waals surface area contributed by atoms with Gasteiger partial charge in [0.1, 0.15) is 0 Å². The molecule has 1 atom stereocenters. The number of carbonyl (C=O) groups is 1. The number of ether oxygens (including phenoxy) is 1. The molecule has 0 radical (unpaired) electrons. The molecule has 1 N–H and O–H groups in total. The first kappa shape index (κ1) is 13.6. The van der Waals surface area contributed by atoms with Gasteiger partial charge in [0, 0.05) is 13.7 Å². The molecule has 0 saturated heterocycles. The first-order chi connectivity index (χ1) is 8.08. The van der Waals surface area contributed by atoms with Gasteiger partial charge in [-0.05, 0) is 12.3 Å². The number of carboxylic acid groups (broad SMARTS) is 1. The molecule has 1 unspecified atom stereocenters. The molecule has 0 fully saturated rings. The molecule has 0 aliphatic rings. The van der Waals surface area contributed by atoms with E-state index < -0.39 is 5.97 Å². The van der Waals surface area contributed by atoms with Gasteiger partial charge in [0.2, 0.25) is 0 Å². The highest BCUT2D eigenvalue weighted by molar-refractivity contribution is 5.69. The van der Waals surface area contributed by atoms with Gasteiger partial charge in [-0.25, -0.2) is 4.68 Å². The van der Waals surface area contributed by atoms with Crippen LogP contribution < -0.4 is 0 Å². The zero-order chi connectivity index (χ0) is 12.8. The largest absolute Gasteiger partial charge is 0.481 e. The van der Waals surface area contributed by atoms with Crippen LogP contribution >= 0.6 is 0 Å². The molecule has 96 valence electrons. The van der Waals surface area contributed by atoms with Crippen LogP contribution in [0.2, 0.25) is 0 Å². The van der Waals surface area contributed by atoms with E-state index in [4.69, 9.17) is 9.84 Å². The van der Waals surface area contributed by atoms with E-state index in [1.807, 2.05) is 6.92 Å². The summed E-state index contributed by atoms with van der Waals surface area (Å²) in [5, 5.41) is 16.7. The number of aliphatic carboxylic acids is 1. The van der Waals surface area contributed by atoms with Crippen LogP contribution in [0.4, 0.5) is 0 Å². The Bertz CT molecular complexity index is 376. The molecular weight excluding hydrogens is 222 g/mol. The molecule has 6 nitrogen and oxygen atoms in total. The molecule has 1 aromatic rings. The normalized spacial score (nSPS) is 12.6. The first-order valence-corrected chi connectivity index (χ1v) is 5.70. The van der Waals surface area contributed by atoms with E-state index in [0.29, 0.717) is 24.8 Å². The van der Waals surface area contributed by atoms with Crippen LogP contribution in [0.5, 0.6) is 0 Å². The number of nitrogens with zero attached hydrogens (tertiary/aromatic N) is 3. The molecule has 17 heavy (non-hydrogen) atoms. The molecule has 0 amide bonds. The molecule has 1 rings (SSSR count). The summed E-state index contributed by atoms with van der Waals surface area (Å²) in [7, 11) is 1.66. The highest BCUT2D eigenvalue weighted by Gasteiger charge is 2.15. The van der Waals surface area contributed by atoms with Crippen molar-refractivity contribution in [2.75, 3.05) is 13.7 Å². The van der Waals surface area contributed by atoms with Crippen LogP contribution in [0.3, 0.4) is 0 Å². The number of aromatic nitrogens is 3. The van der Waals surface area contributed by atoms with Crippen molar-refractivity contribution in [3.05, 3.63) is 11.4 Å². The smallest absolute Gasteiger partial charge is 0.309 e. The summed E-state index contributed by atoms with van der Waals surface area (Å²) >= 11 is 0. The number of hydrogen-bond acceptors (Lipinski definition) is 4. The Morgan fingerprint density at radius 3 is 2.82 bits per heavy atom. The summed E-state index contributed by atoms with van der Waals surface area (Å²) in [5.41, 5.74) is 1.46. The predicted molar refractivity (Wildman–Crippen MR) is 61.8 cm³/mol. The fourth-order valence-corrected chi connectivity index (χ4v) is 1.81. The maximum Gasteiger partial charge on any atom is 0.309 e. The fourth-order valence-electron chi connectivity index (χ4n) is 1.81. The molecule has 0 spiro atoms. The first-order valence-electron chi connectivity index (χ1n) is 5.70. The van der Waals surface area contributed by atoms with Gasteiger partial charge in [0.05, 0.1) is 24.4 Å². The molecule has 1 heterocycles.